The molecule has 0 saturated heterocycles. The van der Waals surface area contributed by atoms with Gasteiger partial charge in [0.15, 0.2) is 5.76 Å². The molecule has 174 valence electrons. The third kappa shape index (κ3) is 3.80. The number of carbonyl (C=O) groups excluding carboxylic acids is 2. The summed E-state index contributed by atoms with van der Waals surface area (Å²) < 4.78 is 33.3. The highest BCUT2D eigenvalue weighted by atomic mass is 32.2. The van der Waals surface area contributed by atoms with E-state index >= 15 is 0 Å². The molecule has 0 fully saturated rings. The normalized spacial score (nSPS) is 14.5. The predicted molar refractivity (Wildman–Crippen MR) is 133 cm³/mol. The van der Waals surface area contributed by atoms with Gasteiger partial charge in [0.1, 0.15) is 5.70 Å². The number of ketones is 1. The first-order valence-electron chi connectivity index (χ1n) is 10.9. The Kier molecular flexibility index (Phi) is 5.49. The van der Waals surface area contributed by atoms with E-state index in [9.17, 15) is 18.0 Å². The first-order chi connectivity index (χ1) is 16.8. The van der Waals surface area contributed by atoms with Crippen LogP contribution >= 0.6 is 0 Å². The van der Waals surface area contributed by atoms with Crippen molar-refractivity contribution in [1.82, 2.24) is 4.31 Å². The molecule has 0 aliphatic carbocycles. The summed E-state index contributed by atoms with van der Waals surface area (Å²) in [7, 11) is -2.75. The summed E-state index contributed by atoms with van der Waals surface area (Å²) >= 11 is 0. The number of aryl methyl sites for hydroxylation is 1. The number of Topliss-reactive ketones (excluding diaryl/α,β-unsaturated/α-hetero) is 1. The van der Waals surface area contributed by atoms with E-state index in [1.54, 1.807) is 48.5 Å². The van der Waals surface area contributed by atoms with Crippen LogP contribution in [0.5, 0.6) is 0 Å². The molecule has 4 aromatic carbocycles. The monoisotopic (exact) mass is 483 g/mol. The first kappa shape index (κ1) is 22.6. The van der Waals surface area contributed by atoms with Crippen LogP contribution in [0.25, 0.3) is 16.5 Å². The van der Waals surface area contributed by atoms with E-state index in [0.29, 0.717) is 10.9 Å². The molecule has 6 nitrogen and oxygen atoms in total. The summed E-state index contributed by atoms with van der Waals surface area (Å²) in [5.74, 6) is -1.35. The zero-order valence-electron chi connectivity index (χ0n) is 19.1. The third-order valence-electron chi connectivity index (χ3n) is 6.03. The molecule has 4 aromatic rings. The fraction of sp³-hybridized carbons (Fsp3) is 0.0714. The number of rotatable bonds is 4. The highest BCUT2D eigenvalue weighted by Crippen LogP contribution is 2.38. The Morgan fingerprint density at radius 1 is 0.800 bits per heavy atom. The average molecular weight is 484 g/mol. The summed E-state index contributed by atoms with van der Waals surface area (Å²) in [6.07, 6.45) is 0. The molecular formula is C28H21NO5S. The molecular weight excluding hydrogens is 462 g/mol. The fourth-order valence-electron chi connectivity index (χ4n) is 4.16. The van der Waals surface area contributed by atoms with E-state index in [4.69, 9.17) is 4.74 Å². The van der Waals surface area contributed by atoms with Crippen molar-refractivity contribution in [3.05, 3.63) is 119 Å². The van der Waals surface area contributed by atoms with Crippen molar-refractivity contribution >= 4 is 38.3 Å². The highest BCUT2D eigenvalue weighted by Gasteiger charge is 2.40. The molecule has 0 atom stereocenters. The lowest BCUT2D eigenvalue weighted by molar-refractivity contribution is 0.0688. The Balaban J connectivity index is 1.71. The van der Waals surface area contributed by atoms with Gasteiger partial charge in [0.2, 0.25) is 5.78 Å². The number of likely N-dealkylation sites (N-methyl/N-ethyl adjacent to an activating group) is 1. The van der Waals surface area contributed by atoms with E-state index in [-0.39, 0.29) is 27.5 Å². The van der Waals surface area contributed by atoms with Gasteiger partial charge in [-0.25, -0.2) is 13.2 Å². The van der Waals surface area contributed by atoms with Crippen LogP contribution in [0.15, 0.2) is 102 Å². The lowest BCUT2D eigenvalue weighted by atomic mass is 10.0. The van der Waals surface area contributed by atoms with Gasteiger partial charge in [-0.3, -0.25) is 9.10 Å². The SMILES string of the molecule is Cc1ccc(C(=O)C2=C(OC(=O)c3cccc4ccccc34)c3ccccc3S(=O)(=O)N2C)cc1. The molecule has 0 N–H and O–H groups in total. The van der Waals surface area contributed by atoms with E-state index < -0.39 is 21.8 Å². The molecule has 5 rings (SSSR count). The molecule has 7 heteroatoms. The van der Waals surface area contributed by atoms with Crippen LogP contribution in [-0.4, -0.2) is 31.5 Å². The number of fused-ring (bicyclic) bond motifs is 2. The van der Waals surface area contributed by atoms with Crippen molar-refractivity contribution in [2.45, 2.75) is 11.8 Å². The van der Waals surface area contributed by atoms with Crippen molar-refractivity contribution in [3.63, 3.8) is 0 Å². The molecule has 0 spiro atoms. The van der Waals surface area contributed by atoms with Crippen LogP contribution in [0.3, 0.4) is 0 Å². The average Bonchev–Trinajstić information content (AvgIpc) is 2.87. The van der Waals surface area contributed by atoms with Gasteiger partial charge in [-0.15, -0.1) is 0 Å². The largest absolute Gasteiger partial charge is 0.420 e. The number of hydrogen-bond acceptors (Lipinski definition) is 5. The van der Waals surface area contributed by atoms with Crippen LogP contribution in [0.1, 0.15) is 31.8 Å². The van der Waals surface area contributed by atoms with Gasteiger partial charge >= 0.3 is 5.97 Å². The lowest BCUT2D eigenvalue weighted by Gasteiger charge is -2.30. The van der Waals surface area contributed by atoms with Gasteiger partial charge in [-0.05, 0) is 35.9 Å². The highest BCUT2D eigenvalue weighted by molar-refractivity contribution is 7.89. The summed E-state index contributed by atoms with van der Waals surface area (Å²) in [4.78, 5) is 27.0. The van der Waals surface area contributed by atoms with Crippen LogP contribution in [0.2, 0.25) is 0 Å². The Morgan fingerprint density at radius 3 is 2.23 bits per heavy atom. The number of benzene rings is 4. The van der Waals surface area contributed by atoms with E-state index in [0.717, 1.165) is 15.3 Å². The molecule has 1 aliphatic rings. The van der Waals surface area contributed by atoms with Crippen molar-refractivity contribution in [1.29, 1.82) is 0 Å². The van der Waals surface area contributed by atoms with E-state index in [1.165, 1.54) is 19.2 Å². The van der Waals surface area contributed by atoms with Crippen molar-refractivity contribution in [3.8, 4) is 0 Å². The molecule has 1 aliphatic heterocycles. The molecule has 0 amide bonds. The smallest absolute Gasteiger partial charge is 0.344 e. The molecule has 35 heavy (non-hydrogen) atoms. The van der Waals surface area contributed by atoms with Gasteiger partial charge < -0.3 is 4.74 Å². The maximum atomic E-state index is 13.6. The number of nitrogens with zero attached hydrogens (tertiary/aromatic N) is 1. The second kappa shape index (κ2) is 8.52. The van der Waals surface area contributed by atoms with Gasteiger partial charge in [0.05, 0.1) is 10.5 Å². The second-order valence-electron chi connectivity index (χ2n) is 8.26. The number of allylic oxidation sites excluding steroid dienone is 1. The zero-order chi connectivity index (χ0) is 24.7. The van der Waals surface area contributed by atoms with Crippen LogP contribution in [-0.2, 0) is 14.8 Å². The van der Waals surface area contributed by atoms with Crippen LogP contribution in [0.4, 0.5) is 0 Å². The quantitative estimate of drug-likeness (QED) is 0.295. The number of hydrogen-bond donors (Lipinski definition) is 0. The minimum atomic E-state index is -4.04. The molecule has 0 bridgehead atoms. The van der Waals surface area contributed by atoms with Crippen LogP contribution in [0, 0.1) is 6.92 Å². The fourth-order valence-corrected chi connectivity index (χ4v) is 5.55. The molecule has 1 heterocycles. The number of carbonyl (C=O) groups is 2. The minimum absolute atomic E-state index is 0.0383. The summed E-state index contributed by atoms with van der Waals surface area (Å²) in [5.41, 5.74) is 1.49. The maximum absolute atomic E-state index is 13.6. The second-order valence-corrected chi connectivity index (χ2v) is 10.2. The number of esters is 1. The lowest BCUT2D eigenvalue weighted by Crippen LogP contribution is -2.36. The van der Waals surface area contributed by atoms with E-state index in [2.05, 4.69) is 0 Å². The number of ether oxygens (including phenoxy) is 1. The van der Waals surface area contributed by atoms with Gasteiger partial charge in [0, 0.05) is 18.2 Å². The zero-order valence-corrected chi connectivity index (χ0v) is 19.9. The topological polar surface area (TPSA) is 80.8 Å². The van der Waals surface area contributed by atoms with E-state index in [1.807, 2.05) is 37.3 Å². The Bertz CT molecular complexity index is 1630. The predicted octanol–water partition coefficient (Wildman–Crippen LogP) is 5.19. The molecule has 0 radical (unpaired) electrons. The summed E-state index contributed by atoms with van der Waals surface area (Å²) in [6, 6.07) is 25.6. The molecule has 0 saturated carbocycles. The Labute approximate surface area is 203 Å². The maximum Gasteiger partial charge on any atom is 0.344 e. The molecule has 0 unspecified atom stereocenters. The van der Waals surface area contributed by atoms with Crippen LogP contribution < -0.4 is 0 Å². The van der Waals surface area contributed by atoms with Gasteiger partial charge in [0.25, 0.3) is 10.0 Å². The summed E-state index contributed by atoms with van der Waals surface area (Å²) in [5, 5.41) is 1.55. The third-order valence-corrected chi connectivity index (χ3v) is 7.85. The first-order valence-corrected chi connectivity index (χ1v) is 12.4. The molecule has 0 aromatic heterocycles. The van der Waals surface area contributed by atoms with Gasteiger partial charge in [-0.1, -0.05) is 78.4 Å². The van der Waals surface area contributed by atoms with Crippen molar-refractivity contribution in [2.24, 2.45) is 0 Å². The minimum Gasteiger partial charge on any atom is -0.420 e. The Hall–Kier alpha value is -4.23. The Morgan fingerprint density at radius 2 is 1.46 bits per heavy atom. The standard InChI is InChI=1S/C28H21NO5S/c1-18-14-16-20(17-15-18)26(30)25-27(23-11-5-6-13-24(23)35(32,33)29(25)2)34-28(31)22-12-7-9-19-8-3-4-10-21(19)22/h3-17H,1-2H3. The summed E-state index contributed by atoms with van der Waals surface area (Å²) in [6.45, 7) is 1.89. The van der Waals surface area contributed by atoms with Crippen molar-refractivity contribution < 1.29 is 22.7 Å². The van der Waals surface area contributed by atoms with Crippen molar-refractivity contribution in [2.75, 3.05) is 7.05 Å². The van der Waals surface area contributed by atoms with Gasteiger partial charge in [-0.2, -0.15) is 0 Å². The number of sulfonamides is 1.